The van der Waals surface area contributed by atoms with Gasteiger partial charge in [0.05, 0.1) is 11.6 Å². The van der Waals surface area contributed by atoms with Gasteiger partial charge in [-0.05, 0) is 44.0 Å². The van der Waals surface area contributed by atoms with Gasteiger partial charge in [-0.25, -0.2) is 4.79 Å². The van der Waals surface area contributed by atoms with E-state index in [4.69, 9.17) is 9.29 Å². The first kappa shape index (κ1) is 25.2. The molecule has 0 saturated carbocycles. The Balaban J connectivity index is 2.33. The summed E-state index contributed by atoms with van der Waals surface area (Å²) in [5, 5.41) is 2.60. The number of carbonyl (C=O) groups excluding carboxylic acids is 2. The van der Waals surface area contributed by atoms with E-state index in [1.807, 2.05) is 35.1 Å². The van der Waals surface area contributed by atoms with Crippen LogP contribution < -0.4 is 10.0 Å². The molecule has 2 amide bonds. The van der Waals surface area contributed by atoms with Crippen molar-refractivity contribution in [1.82, 2.24) is 10.2 Å². The molecule has 9 nitrogen and oxygen atoms in total. The Kier molecular flexibility index (Phi) is 8.23. The first-order valence-corrected chi connectivity index (χ1v) is 11.4. The number of likely N-dealkylation sites (N-methyl/N-ethyl adjacent to an activating group) is 1. The Morgan fingerprint density at radius 3 is 2.16 bits per heavy atom. The number of rotatable bonds is 8. The van der Waals surface area contributed by atoms with Crippen LogP contribution in [-0.4, -0.2) is 49.1 Å². The highest BCUT2D eigenvalue weighted by Crippen LogP contribution is 2.23. The lowest BCUT2D eigenvalue weighted by Crippen LogP contribution is -2.41. The Morgan fingerprint density at radius 1 is 1.06 bits per heavy atom. The van der Waals surface area contributed by atoms with Crippen molar-refractivity contribution in [3.63, 3.8) is 0 Å². The molecule has 10 heteroatoms. The number of carbonyl (C=O) groups is 2. The van der Waals surface area contributed by atoms with Crippen LogP contribution >= 0.6 is 0 Å². The molecule has 0 bridgehead atoms. The molecule has 2 aromatic rings. The van der Waals surface area contributed by atoms with E-state index in [-0.39, 0.29) is 24.7 Å². The van der Waals surface area contributed by atoms with E-state index in [2.05, 4.69) is 5.32 Å². The van der Waals surface area contributed by atoms with Gasteiger partial charge in [-0.15, -0.1) is 0 Å². The number of ether oxygens (including phenoxy) is 1. The summed E-state index contributed by atoms with van der Waals surface area (Å²) >= 11 is 0. The number of anilines is 1. The van der Waals surface area contributed by atoms with Crippen molar-refractivity contribution in [3.05, 3.63) is 65.7 Å². The quantitative estimate of drug-likeness (QED) is 0.517. The van der Waals surface area contributed by atoms with Gasteiger partial charge in [0, 0.05) is 20.1 Å². The maximum Gasteiger partial charge on any atom is 0.410 e. The molecule has 0 radical (unpaired) electrons. The first-order chi connectivity index (χ1) is 14.9. The van der Waals surface area contributed by atoms with E-state index in [1.54, 1.807) is 32.9 Å². The summed E-state index contributed by atoms with van der Waals surface area (Å²) in [5.74, 6) is -1.06. The summed E-state index contributed by atoms with van der Waals surface area (Å²) in [4.78, 5) is 27.1. The molecule has 0 aliphatic heterocycles. The number of nitrogens with zero attached hydrogens (tertiary/aromatic N) is 1. The molecule has 1 atom stereocenters. The van der Waals surface area contributed by atoms with Gasteiger partial charge >= 0.3 is 16.4 Å². The van der Waals surface area contributed by atoms with E-state index in [9.17, 15) is 18.0 Å². The average molecular weight is 464 g/mol. The Bertz CT molecular complexity index is 1020. The maximum atomic E-state index is 12.9. The topological polar surface area (TPSA) is 125 Å². The second-order valence-corrected chi connectivity index (χ2v) is 9.37. The van der Waals surface area contributed by atoms with Crippen molar-refractivity contribution < 1.29 is 27.3 Å². The minimum atomic E-state index is -4.41. The molecular formula is C22H29N3O6S. The molecule has 0 saturated heterocycles. The molecule has 0 spiro atoms. The molecule has 0 aromatic heterocycles. The number of hydrogen-bond acceptors (Lipinski definition) is 5. The van der Waals surface area contributed by atoms with Crippen molar-refractivity contribution in [2.24, 2.45) is 0 Å². The highest BCUT2D eigenvalue weighted by molar-refractivity contribution is 7.87. The zero-order valence-corrected chi connectivity index (χ0v) is 19.3. The molecule has 0 heterocycles. The van der Waals surface area contributed by atoms with E-state index >= 15 is 0 Å². The molecule has 2 aromatic carbocycles. The average Bonchev–Trinajstić information content (AvgIpc) is 2.69. The highest BCUT2D eigenvalue weighted by atomic mass is 32.2. The Morgan fingerprint density at radius 2 is 1.66 bits per heavy atom. The fraction of sp³-hybridized carbons (Fsp3) is 0.364. The summed E-state index contributed by atoms with van der Waals surface area (Å²) in [6, 6.07) is 15.3. The van der Waals surface area contributed by atoms with E-state index in [1.165, 1.54) is 24.1 Å². The lowest BCUT2D eigenvalue weighted by atomic mass is 9.97. The molecular weight excluding hydrogens is 434 g/mol. The maximum absolute atomic E-state index is 12.9. The molecule has 32 heavy (non-hydrogen) atoms. The summed E-state index contributed by atoms with van der Waals surface area (Å²) in [7, 11) is -2.91. The SMILES string of the molecule is CNC(=O)C(CN(Cc1ccccc1)C(=O)OC(C)(C)C)c1ccc(NS(=O)(=O)O)cc1. The fourth-order valence-corrected chi connectivity index (χ4v) is 3.43. The van der Waals surface area contributed by atoms with Crippen LogP contribution in [0, 0.1) is 0 Å². The Labute approximate surface area is 188 Å². The fourth-order valence-electron chi connectivity index (χ4n) is 3.00. The predicted molar refractivity (Wildman–Crippen MR) is 122 cm³/mol. The molecule has 174 valence electrons. The van der Waals surface area contributed by atoms with E-state index in [0.717, 1.165) is 5.56 Å². The zero-order chi connectivity index (χ0) is 23.9. The van der Waals surface area contributed by atoms with E-state index < -0.39 is 27.9 Å². The second-order valence-electron chi connectivity index (χ2n) is 8.21. The number of hydrogen-bond donors (Lipinski definition) is 3. The molecule has 1 unspecified atom stereocenters. The minimum absolute atomic E-state index is 0.0363. The molecule has 0 aliphatic rings. The Hall–Kier alpha value is -3.11. The summed E-state index contributed by atoms with van der Waals surface area (Å²) < 4.78 is 38.4. The van der Waals surface area contributed by atoms with Gasteiger partial charge in [-0.2, -0.15) is 8.42 Å². The number of nitrogens with one attached hydrogen (secondary N) is 2. The summed E-state index contributed by atoms with van der Waals surface area (Å²) in [5.41, 5.74) is 0.867. The third kappa shape index (κ3) is 8.20. The van der Waals surface area contributed by atoms with E-state index in [0.29, 0.717) is 5.56 Å². The van der Waals surface area contributed by atoms with Crippen molar-refractivity contribution in [2.75, 3.05) is 18.3 Å². The van der Waals surface area contributed by atoms with Gasteiger partial charge in [-0.3, -0.25) is 14.1 Å². The van der Waals surface area contributed by atoms with Gasteiger partial charge in [0.25, 0.3) is 0 Å². The molecule has 2 rings (SSSR count). The standard InChI is InChI=1S/C22H29N3O6S/c1-22(2,3)31-21(27)25(14-16-8-6-5-7-9-16)15-19(20(26)23-4)17-10-12-18(13-11-17)24-32(28,29)30/h5-13,19,24H,14-15H2,1-4H3,(H,23,26)(H,28,29,30). The second kappa shape index (κ2) is 10.5. The lowest BCUT2D eigenvalue weighted by molar-refractivity contribution is -0.122. The van der Waals surface area contributed by atoms with Crippen LogP contribution in [0.3, 0.4) is 0 Å². The molecule has 3 N–H and O–H groups in total. The third-order valence-corrected chi connectivity index (χ3v) is 4.89. The van der Waals surface area contributed by atoms with Crippen molar-refractivity contribution in [2.45, 2.75) is 38.8 Å². The zero-order valence-electron chi connectivity index (χ0n) is 18.5. The van der Waals surface area contributed by atoms with Gasteiger partial charge in [0.2, 0.25) is 5.91 Å². The minimum Gasteiger partial charge on any atom is -0.444 e. The van der Waals surface area contributed by atoms with Crippen LogP contribution in [0.15, 0.2) is 54.6 Å². The van der Waals surface area contributed by atoms with Gasteiger partial charge in [0.15, 0.2) is 0 Å². The third-order valence-electron chi connectivity index (χ3n) is 4.39. The number of amides is 2. The normalized spacial score (nSPS) is 12.5. The van der Waals surface area contributed by atoms with Gasteiger partial charge in [0.1, 0.15) is 5.60 Å². The first-order valence-electron chi connectivity index (χ1n) is 9.96. The largest absolute Gasteiger partial charge is 0.444 e. The van der Waals surface area contributed by atoms with Crippen LogP contribution in [0.25, 0.3) is 0 Å². The number of benzene rings is 2. The van der Waals surface area contributed by atoms with Crippen molar-refractivity contribution in [3.8, 4) is 0 Å². The summed E-state index contributed by atoms with van der Waals surface area (Å²) in [6.45, 7) is 5.58. The predicted octanol–water partition coefficient (Wildman–Crippen LogP) is 3.17. The molecule has 0 fully saturated rings. The monoisotopic (exact) mass is 463 g/mol. The van der Waals surface area contributed by atoms with Crippen LogP contribution in [0.2, 0.25) is 0 Å². The van der Waals surface area contributed by atoms with Crippen LogP contribution in [0.1, 0.15) is 37.8 Å². The van der Waals surface area contributed by atoms with Gasteiger partial charge < -0.3 is 15.0 Å². The lowest BCUT2D eigenvalue weighted by Gasteiger charge is -2.30. The van der Waals surface area contributed by atoms with Crippen LogP contribution in [0.5, 0.6) is 0 Å². The smallest absolute Gasteiger partial charge is 0.410 e. The van der Waals surface area contributed by atoms with Crippen molar-refractivity contribution in [1.29, 1.82) is 0 Å². The van der Waals surface area contributed by atoms with Crippen LogP contribution in [-0.2, 0) is 26.4 Å². The highest BCUT2D eigenvalue weighted by Gasteiger charge is 2.29. The van der Waals surface area contributed by atoms with Crippen LogP contribution in [0.4, 0.5) is 10.5 Å². The summed E-state index contributed by atoms with van der Waals surface area (Å²) in [6.07, 6.45) is -0.556. The van der Waals surface area contributed by atoms with Gasteiger partial charge in [-0.1, -0.05) is 42.5 Å². The van der Waals surface area contributed by atoms with Crippen molar-refractivity contribution >= 4 is 28.0 Å². The molecule has 0 aliphatic carbocycles.